The highest BCUT2D eigenvalue weighted by atomic mass is 35.5. The van der Waals surface area contributed by atoms with Gasteiger partial charge in [0.15, 0.2) is 0 Å². The number of aromatic nitrogens is 2. The largest absolute Gasteiger partial charge is 0.326 e. The van der Waals surface area contributed by atoms with Crippen LogP contribution in [0.2, 0.25) is 5.02 Å². The molecule has 0 saturated carbocycles. The van der Waals surface area contributed by atoms with Gasteiger partial charge in [-0.25, -0.2) is 4.98 Å². The maximum atomic E-state index is 6.26. The summed E-state index contributed by atoms with van der Waals surface area (Å²) >= 11 is 8.10. The molecule has 3 aromatic carbocycles. The van der Waals surface area contributed by atoms with Gasteiger partial charge in [0, 0.05) is 16.5 Å². The number of hydrogen-bond acceptors (Lipinski definition) is 2. The van der Waals surface area contributed by atoms with Gasteiger partial charge in [-0.15, -0.1) is 11.8 Å². The number of benzene rings is 3. The Morgan fingerprint density at radius 2 is 1.61 bits per heavy atom. The lowest BCUT2D eigenvalue weighted by Crippen LogP contribution is -2.12. The first-order valence-corrected chi connectivity index (χ1v) is 10.8. The zero-order valence-electron chi connectivity index (χ0n) is 16.0. The number of thioether (sulfide) groups is 1. The molecular weight excluding hydrogens is 384 g/mol. The van der Waals surface area contributed by atoms with Crippen LogP contribution in [-0.2, 0) is 6.54 Å². The van der Waals surface area contributed by atoms with Crippen LogP contribution in [0.1, 0.15) is 30.5 Å². The minimum absolute atomic E-state index is 0.105. The van der Waals surface area contributed by atoms with Gasteiger partial charge in [-0.05, 0) is 41.8 Å². The first-order valence-electron chi connectivity index (χ1n) is 9.54. The third-order valence-corrected chi connectivity index (χ3v) is 6.12. The molecule has 0 aliphatic rings. The summed E-state index contributed by atoms with van der Waals surface area (Å²) in [5, 5.41) is 0.828. The van der Waals surface area contributed by atoms with Crippen molar-refractivity contribution in [2.24, 2.45) is 5.92 Å². The van der Waals surface area contributed by atoms with E-state index in [0.717, 1.165) is 28.4 Å². The summed E-state index contributed by atoms with van der Waals surface area (Å²) in [5.74, 6) is 1.59. The van der Waals surface area contributed by atoms with Crippen molar-refractivity contribution >= 4 is 34.4 Å². The van der Waals surface area contributed by atoms with Gasteiger partial charge in [-0.1, -0.05) is 74.0 Å². The van der Waals surface area contributed by atoms with Gasteiger partial charge in [-0.3, -0.25) is 0 Å². The molecule has 0 fully saturated rings. The third kappa shape index (κ3) is 4.11. The van der Waals surface area contributed by atoms with E-state index in [-0.39, 0.29) is 5.25 Å². The number of imidazole rings is 1. The van der Waals surface area contributed by atoms with Gasteiger partial charge in [0.25, 0.3) is 0 Å². The standard InChI is InChI=1S/C24H23ClN2S/c1-17(2)16-27-22-14-13-19(25)15-21(22)26-24(27)23(18-9-5-3-6-10-18)28-20-11-7-4-8-12-20/h3-15,17,23H,16H2,1-2H3. The monoisotopic (exact) mass is 406 g/mol. The van der Waals surface area contributed by atoms with E-state index in [1.165, 1.54) is 10.5 Å². The van der Waals surface area contributed by atoms with Crippen molar-refractivity contribution in [3.63, 3.8) is 0 Å². The van der Waals surface area contributed by atoms with Crippen molar-refractivity contribution < 1.29 is 0 Å². The molecule has 1 aromatic heterocycles. The molecule has 1 unspecified atom stereocenters. The van der Waals surface area contributed by atoms with Crippen molar-refractivity contribution in [1.29, 1.82) is 0 Å². The number of rotatable bonds is 6. The summed E-state index contributed by atoms with van der Waals surface area (Å²) in [6.07, 6.45) is 0. The molecule has 142 valence electrons. The molecule has 4 aromatic rings. The molecule has 0 N–H and O–H groups in total. The molecule has 0 saturated heterocycles. The molecule has 4 rings (SSSR count). The molecule has 1 atom stereocenters. The smallest absolute Gasteiger partial charge is 0.127 e. The van der Waals surface area contributed by atoms with E-state index in [1.54, 1.807) is 0 Å². The minimum Gasteiger partial charge on any atom is -0.326 e. The lowest BCUT2D eigenvalue weighted by molar-refractivity contribution is 0.519. The Morgan fingerprint density at radius 3 is 2.29 bits per heavy atom. The molecule has 28 heavy (non-hydrogen) atoms. The maximum Gasteiger partial charge on any atom is 0.127 e. The van der Waals surface area contributed by atoms with Crippen LogP contribution in [-0.4, -0.2) is 9.55 Å². The summed E-state index contributed by atoms with van der Waals surface area (Å²) in [7, 11) is 0. The molecule has 0 aliphatic carbocycles. The summed E-state index contributed by atoms with van der Waals surface area (Å²) < 4.78 is 2.37. The van der Waals surface area contributed by atoms with E-state index < -0.39 is 0 Å². The second kappa shape index (κ2) is 8.42. The van der Waals surface area contributed by atoms with Crippen LogP contribution in [0, 0.1) is 5.92 Å². The van der Waals surface area contributed by atoms with Crippen LogP contribution in [0.25, 0.3) is 11.0 Å². The Bertz CT molecular complexity index is 1060. The summed E-state index contributed by atoms with van der Waals surface area (Å²) in [6, 6.07) is 27.2. The molecule has 1 heterocycles. The second-order valence-corrected chi connectivity index (χ2v) is 8.94. The first-order chi connectivity index (χ1) is 13.6. The van der Waals surface area contributed by atoms with Crippen molar-refractivity contribution in [1.82, 2.24) is 9.55 Å². The van der Waals surface area contributed by atoms with E-state index >= 15 is 0 Å². The molecule has 0 aliphatic heterocycles. The van der Waals surface area contributed by atoms with Gasteiger partial charge in [0.05, 0.1) is 16.3 Å². The van der Waals surface area contributed by atoms with Gasteiger partial charge < -0.3 is 4.57 Å². The van der Waals surface area contributed by atoms with Gasteiger partial charge in [0.2, 0.25) is 0 Å². The Hall–Kier alpha value is -2.23. The fourth-order valence-corrected chi connectivity index (χ4v) is 4.74. The summed E-state index contributed by atoms with van der Waals surface area (Å²) in [5.41, 5.74) is 3.35. The van der Waals surface area contributed by atoms with Crippen molar-refractivity contribution in [2.75, 3.05) is 0 Å². The van der Waals surface area contributed by atoms with E-state index in [9.17, 15) is 0 Å². The van der Waals surface area contributed by atoms with Gasteiger partial charge in [-0.2, -0.15) is 0 Å². The molecule has 0 bridgehead atoms. The Balaban J connectivity index is 1.88. The van der Waals surface area contributed by atoms with E-state index in [4.69, 9.17) is 16.6 Å². The van der Waals surface area contributed by atoms with Gasteiger partial charge in [0.1, 0.15) is 5.82 Å². The molecule has 0 amide bonds. The fraction of sp³-hybridized carbons (Fsp3) is 0.208. The number of halogens is 1. The second-order valence-electron chi connectivity index (χ2n) is 7.33. The normalized spacial score (nSPS) is 12.6. The predicted octanol–water partition coefficient (Wildman–Crippen LogP) is 7.23. The zero-order chi connectivity index (χ0) is 19.5. The first kappa shape index (κ1) is 19.1. The number of fused-ring (bicyclic) bond motifs is 1. The molecule has 0 spiro atoms. The van der Waals surface area contributed by atoms with Crippen LogP contribution in [0.15, 0.2) is 83.8 Å². The van der Waals surface area contributed by atoms with E-state index in [0.29, 0.717) is 5.92 Å². The quantitative estimate of drug-likeness (QED) is 0.314. The average Bonchev–Trinajstić information content (AvgIpc) is 3.04. The van der Waals surface area contributed by atoms with Gasteiger partial charge >= 0.3 is 0 Å². The highest BCUT2D eigenvalue weighted by Gasteiger charge is 2.24. The topological polar surface area (TPSA) is 17.8 Å². The number of nitrogens with zero attached hydrogens (tertiary/aromatic N) is 2. The number of hydrogen-bond donors (Lipinski definition) is 0. The predicted molar refractivity (Wildman–Crippen MR) is 120 cm³/mol. The highest BCUT2D eigenvalue weighted by Crippen LogP contribution is 2.41. The van der Waals surface area contributed by atoms with E-state index in [1.807, 2.05) is 23.9 Å². The van der Waals surface area contributed by atoms with Crippen LogP contribution >= 0.6 is 23.4 Å². The van der Waals surface area contributed by atoms with Crippen LogP contribution < -0.4 is 0 Å². The van der Waals surface area contributed by atoms with Crippen LogP contribution in [0.3, 0.4) is 0 Å². The van der Waals surface area contributed by atoms with Crippen molar-refractivity contribution in [3.8, 4) is 0 Å². The summed E-state index contributed by atoms with van der Waals surface area (Å²) in [4.78, 5) is 6.29. The van der Waals surface area contributed by atoms with Crippen LogP contribution in [0.4, 0.5) is 0 Å². The summed E-state index contributed by atoms with van der Waals surface area (Å²) in [6.45, 7) is 5.41. The highest BCUT2D eigenvalue weighted by molar-refractivity contribution is 7.99. The third-order valence-electron chi connectivity index (χ3n) is 4.62. The molecule has 2 nitrogen and oxygen atoms in total. The lowest BCUT2D eigenvalue weighted by Gasteiger charge is -2.20. The lowest BCUT2D eigenvalue weighted by atomic mass is 10.1. The Morgan fingerprint density at radius 1 is 0.929 bits per heavy atom. The zero-order valence-corrected chi connectivity index (χ0v) is 17.6. The van der Waals surface area contributed by atoms with Crippen molar-refractivity contribution in [3.05, 3.63) is 95.3 Å². The fourth-order valence-electron chi connectivity index (χ4n) is 3.41. The molecule has 0 radical (unpaired) electrons. The molecule has 4 heteroatoms. The van der Waals surface area contributed by atoms with E-state index in [2.05, 4.69) is 85.1 Å². The average molecular weight is 407 g/mol. The minimum atomic E-state index is 0.105. The Kier molecular flexibility index (Phi) is 5.74. The Labute approximate surface area is 175 Å². The maximum absolute atomic E-state index is 6.26. The SMILES string of the molecule is CC(C)Cn1c(C(Sc2ccccc2)c2ccccc2)nc2cc(Cl)ccc21. The molecular formula is C24H23ClN2S. The van der Waals surface area contributed by atoms with Crippen LogP contribution in [0.5, 0.6) is 0 Å². The van der Waals surface area contributed by atoms with Crippen molar-refractivity contribution in [2.45, 2.75) is 30.5 Å².